The Labute approximate surface area is 106 Å². The van der Waals surface area contributed by atoms with Crippen molar-refractivity contribution in [1.29, 1.82) is 0 Å². The standard InChI is InChI=1S/C11H9ClF3N3/c12-10(9(16)17-5-6-18-10)7-1-3-8(4-2-7)11(13,14)15/h1-6,9H,16H2. The monoisotopic (exact) mass is 275 g/mol. The number of aliphatic imine (C=N–C) groups is 2. The van der Waals surface area contributed by atoms with Gasteiger partial charge in [0.05, 0.1) is 5.56 Å². The van der Waals surface area contributed by atoms with Crippen molar-refractivity contribution in [2.24, 2.45) is 15.7 Å². The van der Waals surface area contributed by atoms with Crippen molar-refractivity contribution in [2.75, 3.05) is 0 Å². The van der Waals surface area contributed by atoms with Crippen molar-refractivity contribution < 1.29 is 13.2 Å². The normalized spacial score (nSPS) is 27.5. The highest BCUT2D eigenvalue weighted by Crippen LogP contribution is 2.37. The molecule has 2 atom stereocenters. The Kier molecular flexibility index (Phi) is 3.16. The first-order valence-electron chi connectivity index (χ1n) is 5.03. The number of halogens is 4. The second-order valence-corrected chi connectivity index (χ2v) is 4.35. The lowest BCUT2D eigenvalue weighted by Gasteiger charge is -2.28. The maximum Gasteiger partial charge on any atom is 0.416 e. The van der Waals surface area contributed by atoms with Crippen molar-refractivity contribution in [1.82, 2.24) is 0 Å². The predicted molar refractivity (Wildman–Crippen MR) is 63.9 cm³/mol. The zero-order valence-electron chi connectivity index (χ0n) is 9.03. The van der Waals surface area contributed by atoms with E-state index in [2.05, 4.69) is 9.98 Å². The highest BCUT2D eigenvalue weighted by molar-refractivity contribution is 6.27. The first-order chi connectivity index (χ1) is 8.34. The summed E-state index contributed by atoms with van der Waals surface area (Å²) >= 11 is 6.20. The lowest BCUT2D eigenvalue weighted by molar-refractivity contribution is -0.137. The van der Waals surface area contributed by atoms with Crippen LogP contribution in [0.1, 0.15) is 11.1 Å². The summed E-state index contributed by atoms with van der Waals surface area (Å²) in [4.78, 5) is 6.52. The van der Waals surface area contributed by atoms with Crippen molar-refractivity contribution in [3.8, 4) is 0 Å². The summed E-state index contributed by atoms with van der Waals surface area (Å²) in [5, 5.41) is 0. The van der Waals surface area contributed by atoms with Gasteiger partial charge in [-0.25, -0.2) is 0 Å². The third-order valence-electron chi connectivity index (χ3n) is 2.58. The van der Waals surface area contributed by atoms with Gasteiger partial charge < -0.3 is 5.73 Å². The summed E-state index contributed by atoms with van der Waals surface area (Å²) in [6, 6.07) is 4.40. The second-order valence-electron chi connectivity index (χ2n) is 3.77. The van der Waals surface area contributed by atoms with Gasteiger partial charge in [-0.15, -0.1) is 0 Å². The number of hydrogen-bond acceptors (Lipinski definition) is 3. The van der Waals surface area contributed by atoms with E-state index < -0.39 is 22.9 Å². The van der Waals surface area contributed by atoms with Crippen LogP contribution in [0.15, 0.2) is 34.3 Å². The van der Waals surface area contributed by atoms with Crippen LogP contribution in [-0.2, 0) is 11.2 Å². The summed E-state index contributed by atoms with van der Waals surface area (Å²) in [6.07, 6.45) is -2.45. The van der Waals surface area contributed by atoms with Crippen molar-refractivity contribution in [3.63, 3.8) is 0 Å². The zero-order valence-corrected chi connectivity index (χ0v) is 9.78. The number of alkyl halides is 4. The Morgan fingerprint density at radius 3 is 2.28 bits per heavy atom. The number of nitrogens with two attached hydrogens (primary N) is 1. The molecule has 0 aliphatic carbocycles. The Morgan fingerprint density at radius 2 is 1.78 bits per heavy atom. The molecule has 0 amide bonds. The minimum absolute atomic E-state index is 0.373. The SMILES string of the molecule is NC1N=CC=NC1(Cl)c1ccc(C(F)(F)F)cc1. The van der Waals surface area contributed by atoms with Crippen LogP contribution in [0.5, 0.6) is 0 Å². The van der Waals surface area contributed by atoms with Gasteiger partial charge in [0.15, 0.2) is 5.00 Å². The van der Waals surface area contributed by atoms with Gasteiger partial charge in [0.1, 0.15) is 6.17 Å². The number of benzene rings is 1. The van der Waals surface area contributed by atoms with Gasteiger partial charge in [-0.05, 0) is 17.7 Å². The second kappa shape index (κ2) is 4.37. The maximum absolute atomic E-state index is 12.4. The van der Waals surface area contributed by atoms with Crippen LogP contribution < -0.4 is 5.73 Å². The van der Waals surface area contributed by atoms with E-state index in [1.165, 1.54) is 24.6 Å². The summed E-state index contributed by atoms with van der Waals surface area (Å²) in [7, 11) is 0. The van der Waals surface area contributed by atoms with Gasteiger partial charge in [0, 0.05) is 12.4 Å². The highest BCUT2D eigenvalue weighted by atomic mass is 35.5. The average molecular weight is 276 g/mol. The van der Waals surface area contributed by atoms with E-state index in [0.29, 0.717) is 5.56 Å². The lowest BCUT2D eigenvalue weighted by atomic mass is 10.0. The molecule has 0 bridgehead atoms. The van der Waals surface area contributed by atoms with E-state index in [-0.39, 0.29) is 0 Å². The summed E-state index contributed by atoms with van der Waals surface area (Å²) in [5.41, 5.74) is 5.33. The highest BCUT2D eigenvalue weighted by Gasteiger charge is 2.38. The molecule has 2 rings (SSSR count). The number of hydrogen-bond donors (Lipinski definition) is 1. The smallest absolute Gasteiger partial charge is 0.306 e. The summed E-state index contributed by atoms with van der Waals surface area (Å²) < 4.78 is 37.3. The first kappa shape index (κ1) is 13.0. The van der Waals surface area contributed by atoms with E-state index in [4.69, 9.17) is 17.3 Å². The maximum atomic E-state index is 12.4. The molecule has 0 spiro atoms. The quantitative estimate of drug-likeness (QED) is 0.621. The topological polar surface area (TPSA) is 50.7 Å². The van der Waals surface area contributed by atoms with E-state index >= 15 is 0 Å². The average Bonchev–Trinajstić information content (AvgIpc) is 2.32. The Morgan fingerprint density at radius 1 is 1.17 bits per heavy atom. The minimum Gasteiger partial charge on any atom is -0.306 e. The molecule has 0 radical (unpaired) electrons. The molecule has 1 aliphatic rings. The van der Waals surface area contributed by atoms with Crippen molar-refractivity contribution in [3.05, 3.63) is 35.4 Å². The van der Waals surface area contributed by atoms with Gasteiger partial charge in [0.2, 0.25) is 0 Å². The van der Waals surface area contributed by atoms with E-state index in [0.717, 1.165) is 12.1 Å². The molecular weight excluding hydrogens is 267 g/mol. The fourth-order valence-electron chi connectivity index (χ4n) is 1.59. The Bertz CT molecular complexity index is 495. The van der Waals surface area contributed by atoms with Crippen LogP contribution >= 0.6 is 11.6 Å². The molecular formula is C11H9ClF3N3. The summed E-state index contributed by atoms with van der Waals surface area (Å²) in [5.74, 6) is 0. The van der Waals surface area contributed by atoms with E-state index in [1.807, 2.05) is 0 Å². The third kappa shape index (κ3) is 2.26. The van der Waals surface area contributed by atoms with Crippen LogP contribution in [0.25, 0.3) is 0 Å². The van der Waals surface area contributed by atoms with Crippen LogP contribution in [0.2, 0.25) is 0 Å². The molecule has 2 N–H and O–H groups in total. The molecule has 0 aromatic heterocycles. The summed E-state index contributed by atoms with van der Waals surface area (Å²) in [6.45, 7) is 0. The molecule has 96 valence electrons. The van der Waals surface area contributed by atoms with Crippen LogP contribution in [0, 0.1) is 0 Å². The Balaban J connectivity index is 2.35. The molecule has 0 saturated carbocycles. The molecule has 1 heterocycles. The van der Waals surface area contributed by atoms with Crippen LogP contribution in [-0.4, -0.2) is 18.6 Å². The zero-order chi connectivity index (χ0) is 13.4. The molecule has 0 fully saturated rings. The van der Waals surface area contributed by atoms with Crippen molar-refractivity contribution in [2.45, 2.75) is 17.3 Å². The fraction of sp³-hybridized carbons (Fsp3) is 0.273. The number of nitrogens with zero attached hydrogens (tertiary/aromatic N) is 2. The molecule has 18 heavy (non-hydrogen) atoms. The molecule has 0 saturated heterocycles. The predicted octanol–water partition coefficient (Wildman–Crippen LogP) is 2.54. The fourth-order valence-corrected chi connectivity index (χ4v) is 1.83. The Hall–Kier alpha value is -1.40. The molecule has 2 unspecified atom stereocenters. The number of rotatable bonds is 1. The molecule has 1 aromatic carbocycles. The molecule has 1 aromatic rings. The first-order valence-corrected chi connectivity index (χ1v) is 5.41. The van der Waals surface area contributed by atoms with E-state index in [1.54, 1.807) is 0 Å². The van der Waals surface area contributed by atoms with Gasteiger partial charge >= 0.3 is 6.18 Å². The van der Waals surface area contributed by atoms with Crippen LogP contribution in [0.3, 0.4) is 0 Å². The van der Waals surface area contributed by atoms with Gasteiger partial charge in [-0.2, -0.15) is 13.2 Å². The molecule has 7 heteroatoms. The largest absolute Gasteiger partial charge is 0.416 e. The molecule has 3 nitrogen and oxygen atoms in total. The van der Waals surface area contributed by atoms with Gasteiger partial charge in [-0.3, -0.25) is 9.98 Å². The van der Waals surface area contributed by atoms with Crippen LogP contribution in [0.4, 0.5) is 13.2 Å². The van der Waals surface area contributed by atoms with Gasteiger partial charge in [-0.1, -0.05) is 23.7 Å². The lowest BCUT2D eigenvalue weighted by Crippen LogP contribution is -2.40. The van der Waals surface area contributed by atoms with E-state index in [9.17, 15) is 13.2 Å². The van der Waals surface area contributed by atoms with Crippen molar-refractivity contribution >= 4 is 24.0 Å². The molecule has 1 aliphatic heterocycles. The van der Waals surface area contributed by atoms with Gasteiger partial charge in [0.25, 0.3) is 0 Å². The minimum atomic E-state index is -4.38. The third-order valence-corrected chi connectivity index (χ3v) is 3.12.